The van der Waals surface area contributed by atoms with E-state index in [-0.39, 0.29) is 5.70 Å². The molecule has 2 unspecified atom stereocenters. The van der Waals surface area contributed by atoms with Crippen LogP contribution in [0.5, 0.6) is 0 Å². The minimum atomic E-state index is -1.34. The molecule has 2 N–H and O–H groups in total. The van der Waals surface area contributed by atoms with Crippen LogP contribution < -0.4 is 5.73 Å². The Morgan fingerprint density at radius 3 is 2.79 bits per heavy atom. The third-order valence-electron chi connectivity index (χ3n) is 1.73. The first-order valence-electron chi connectivity index (χ1n) is 3.46. The maximum atomic E-state index is 10.5. The number of nitro groups is 1. The van der Waals surface area contributed by atoms with Crippen LogP contribution in [0.1, 0.15) is 0 Å². The number of allylic oxidation sites excluding steroid dienone is 1. The molecule has 0 saturated heterocycles. The predicted molar refractivity (Wildman–Crippen MR) is 56.8 cm³/mol. The third kappa shape index (κ3) is 1.84. The highest BCUT2D eigenvalue weighted by Gasteiger charge is 2.52. The maximum Gasteiger partial charge on any atom is 0.418 e. The third-order valence-corrected chi connectivity index (χ3v) is 3.34. The van der Waals surface area contributed by atoms with Crippen LogP contribution in [0.4, 0.5) is 0 Å². The molecule has 0 spiro atoms. The van der Waals surface area contributed by atoms with Crippen molar-refractivity contribution in [3.63, 3.8) is 0 Å². The molecule has 2 atom stereocenters. The molecule has 0 aliphatic heterocycles. The van der Waals surface area contributed by atoms with Crippen molar-refractivity contribution in [2.24, 2.45) is 5.73 Å². The molecular weight excluding hydrogens is 320 g/mol. The molecule has 0 amide bonds. The zero-order valence-electron chi connectivity index (χ0n) is 6.72. The van der Waals surface area contributed by atoms with Crippen LogP contribution in [0.15, 0.2) is 22.3 Å². The van der Waals surface area contributed by atoms with Gasteiger partial charge < -0.3 is 5.73 Å². The molecule has 0 aromatic heterocycles. The van der Waals surface area contributed by atoms with Crippen molar-refractivity contribution in [2.45, 2.75) is 10.5 Å². The molecule has 1 aliphatic rings. The van der Waals surface area contributed by atoms with E-state index in [9.17, 15) is 10.1 Å². The molecule has 0 saturated carbocycles. The topological polar surface area (TPSA) is 97.3 Å². The van der Waals surface area contributed by atoms with Gasteiger partial charge in [0.05, 0.1) is 4.92 Å². The Bertz CT molecular complexity index is 386. The fraction of sp³-hybridized carbons (Fsp3) is 0.333. The van der Waals surface area contributed by atoms with E-state index in [0.29, 0.717) is 4.48 Å². The van der Waals surface area contributed by atoms with Crippen molar-refractivity contribution in [1.29, 1.82) is 5.39 Å². The molecule has 74 valence electrons. The van der Waals surface area contributed by atoms with Crippen LogP contribution in [0.25, 0.3) is 4.98 Å². The highest BCUT2D eigenvalue weighted by Crippen LogP contribution is 2.36. The van der Waals surface area contributed by atoms with E-state index in [1.54, 1.807) is 0 Å². The molecule has 1 aliphatic carbocycles. The monoisotopic (exact) mass is 323 g/mol. The normalized spacial score (nSPS) is 31.4. The molecule has 14 heavy (non-hydrogen) atoms. The SMILES string of the molecule is N#[N+]C1(Br)C=C([N+](=O)[O-])C=C(Br)C1N. The van der Waals surface area contributed by atoms with E-state index in [2.05, 4.69) is 36.8 Å². The van der Waals surface area contributed by atoms with Crippen molar-refractivity contribution in [2.75, 3.05) is 0 Å². The van der Waals surface area contributed by atoms with Crippen molar-refractivity contribution in [3.05, 3.63) is 37.4 Å². The second-order valence-corrected chi connectivity index (χ2v) is 4.85. The zero-order valence-corrected chi connectivity index (χ0v) is 9.90. The smallest absolute Gasteiger partial charge is 0.315 e. The van der Waals surface area contributed by atoms with Gasteiger partial charge in [0, 0.05) is 26.5 Å². The predicted octanol–water partition coefficient (Wildman–Crippen LogP) is 1.71. The molecule has 6 nitrogen and oxygen atoms in total. The van der Waals surface area contributed by atoms with Crippen molar-refractivity contribution >= 4 is 31.9 Å². The van der Waals surface area contributed by atoms with Crippen LogP contribution in [0.3, 0.4) is 0 Å². The Morgan fingerprint density at radius 2 is 2.36 bits per heavy atom. The summed E-state index contributed by atoms with van der Waals surface area (Å²) in [4.78, 5) is 12.9. The van der Waals surface area contributed by atoms with Gasteiger partial charge in [-0.3, -0.25) is 10.1 Å². The van der Waals surface area contributed by atoms with Gasteiger partial charge in [-0.15, -0.1) is 0 Å². The summed E-state index contributed by atoms with van der Waals surface area (Å²) in [5.41, 5.74) is 5.46. The molecule has 8 heteroatoms. The Kier molecular flexibility index (Phi) is 3.04. The molecule has 1 rings (SSSR count). The standard InChI is InChI=1S/C6H5Br2N4O2/c7-4-1-3(12(13)14)2-6(8,11-10)5(4)9/h1-2,5H,9H2/q+1. The minimum absolute atomic E-state index is 0.187. The van der Waals surface area contributed by atoms with Gasteiger partial charge in [0.1, 0.15) is 17.1 Å². The molecule has 0 radical (unpaired) electrons. The lowest BCUT2D eigenvalue weighted by molar-refractivity contribution is -0.419. The summed E-state index contributed by atoms with van der Waals surface area (Å²) in [5, 5.41) is 19.2. The summed E-state index contributed by atoms with van der Waals surface area (Å²) in [6.07, 6.45) is 2.41. The fourth-order valence-electron chi connectivity index (χ4n) is 0.960. The lowest BCUT2D eigenvalue weighted by Gasteiger charge is -2.16. The van der Waals surface area contributed by atoms with E-state index >= 15 is 0 Å². The largest absolute Gasteiger partial charge is 0.418 e. The minimum Gasteiger partial charge on any atom is -0.315 e. The average molecular weight is 325 g/mol. The lowest BCUT2D eigenvalue weighted by atomic mass is 10.0. The number of nitrogens with zero attached hydrogens (tertiary/aromatic N) is 3. The lowest BCUT2D eigenvalue weighted by Crippen LogP contribution is -2.41. The number of alkyl halides is 1. The van der Waals surface area contributed by atoms with E-state index in [1.165, 1.54) is 6.08 Å². The van der Waals surface area contributed by atoms with Crippen LogP contribution in [-0.2, 0) is 0 Å². The van der Waals surface area contributed by atoms with E-state index in [0.717, 1.165) is 6.08 Å². The van der Waals surface area contributed by atoms with Crippen molar-refractivity contribution in [3.8, 4) is 0 Å². The second-order valence-electron chi connectivity index (χ2n) is 2.66. The Balaban J connectivity index is 3.22. The van der Waals surface area contributed by atoms with Crippen molar-refractivity contribution < 1.29 is 4.92 Å². The summed E-state index contributed by atoms with van der Waals surface area (Å²) in [5.74, 6) is 0. The average Bonchev–Trinajstić information content (AvgIpc) is 2.13. The summed E-state index contributed by atoms with van der Waals surface area (Å²) >= 11 is 6.08. The van der Waals surface area contributed by atoms with Gasteiger partial charge in [0.15, 0.2) is 0 Å². The second kappa shape index (κ2) is 3.76. The van der Waals surface area contributed by atoms with E-state index < -0.39 is 15.4 Å². The Hall–Kier alpha value is -0.780. The molecule has 0 fully saturated rings. The molecular formula is C6H5Br2N4O2+. The van der Waals surface area contributed by atoms with Crippen LogP contribution in [-0.4, -0.2) is 15.4 Å². The molecule has 0 aromatic rings. The first kappa shape index (κ1) is 11.3. The first-order chi connectivity index (χ1) is 6.40. The van der Waals surface area contributed by atoms with E-state index in [4.69, 9.17) is 11.1 Å². The van der Waals surface area contributed by atoms with Gasteiger partial charge in [0.25, 0.3) is 5.70 Å². The van der Waals surface area contributed by atoms with Gasteiger partial charge >= 0.3 is 4.45 Å². The number of diazo groups is 1. The van der Waals surface area contributed by atoms with E-state index in [1.807, 2.05) is 0 Å². The highest BCUT2D eigenvalue weighted by atomic mass is 79.9. The summed E-state index contributed by atoms with van der Waals surface area (Å²) in [6.45, 7) is 0. The number of hydrogen-bond donors (Lipinski definition) is 1. The number of nitrogens with two attached hydrogens (primary N) is 1. The maximum absolute atomic E-state index is 10.5. The van der Waals surface area contributed by atoms with Gasteiger partial charge in [0.2, 0.25) is 5.39 Å². The molecule has 0 heterocycles. The number of rotatable bonds is 1. The Morgan fingerprint density at radius 1 is 1.79 bits per heavy atom. The van der Waals surface area contributed by atoms with Crippen LogP contribution in [0, 0.1) is 15.5 Å². The summed E-state index contributed by atoms with van der Waals surface area (Å²) < 4.78 is -0.954. The number of hydrogen-bond acceptors (Lipinski definition) is 4. The molecule has 0 aromatic carbocycles. The first-order valence-corrected chi connectivity index (χ1v) is 5.04. The van der Waals surface area contributed by atoms with Crippen LogP contribution >= 0.6 is 31.9 Å². The number of halogens is 2. The fourth-order valence-corrected chi connectivity index (χ4v) is 2.33. The van der Waals surface area contributed by atoms with Crippen molar-refractivity contribution in [1.82, 2.24) is 0 Å². The van der Waals surface area contributed by atoms with Gasteiger partial charge in [-0.1, -0.05) is 15.9 Å². The quantitative estimate of drug-likeness (QED) is 0.261. The van der Waals surface area contributed by atoms with Crippen LogP contribution in [0.2, 0.25) is 0 Å². The summed E-state index contributed by atoms with van der Waals surface area (Å²) in [7, 11) is 0. The highest BCUT2D eigenvalue weighted by molar-refractivity contribution is 9.12. The van der Waals surface area contributed by atoms with Gasteiger partial charge in [-0.2, -0.15) is 0 Å². The zero-order chi connectivity index (χ0) is 10.9. The summed E-state index contributed by atoms with van der Waals surface area (Å²) in [6, 6.07) is -0.698. The van der Waals surface area contributed by atoms with Gasteiger partial charge in [-0.05, 0) is 0 Å². The van der Waals surface area contributed by atoms with Gasteiger partial charge in [-0.25, -0.2) is 0 Å². The molecule has 0 bridgehead atoms. The Labute approximate surface area is 95.9 Å².